The molecule has 0 nitrogen and oxygen atoms in total. The molecule has 0 atom stereocenters. The molecule has 0 aliphatic rings. The van der Waals surface area contributed by atoms with Gasteiger partial charge in [-0.2, -0.15) is 0 Å². The summed E-state index contributed by atoms with van der Waals surface area (Å²) in [5, 5.41) is 0. The topological polar surface area (TPSA) is 0 Å². The van der Waals surface area contributed by atoms with Gasteiger partial charge in [-0.25, -0.2) is 0 Å². The Kier molecular flexibility index (Phi) is 152. The standard InChI is InChI=1S/Cu.Fe.Ni.Sn. The molecule has 0 N–H and O–H groups in total. The monoisotopic (exact) mass is 297 g/mol. The SMILES string of the molecule is [Cu].[Fe].[Ni].[Sn]. The Morgan fingerprint density at radius 1 is 1.00 bits per heavy atom. The first-order valence-corrected chi connectivity index (χ1v) is 0. The van der Waals surface area contributed by atoms with Gasteiger partial charge < -0.3 is 0 Å². The summed E-state index contributed by atoms with van der Waals surface area (Å²) in [6, 6.07) is 0. The molecule has 0 aliphatic carbocycles. The van der Waals surface area contributed by atoms with Crippen LogP contribution in [-0.2, 0) is 50.6 Å². The van der Waals surface area contributed by atoms with Crippen LogP contribution in [-0.4, -0.2) is 23.9 Å². The van der Waals surface area contributed by atoms with Gasteiger partial charge in [-0.3, -0.25) is 0 Å². The van der Waals surface area contributed by atoms with Gasteiger partial charge in [0.2, 0.25) is 0 Å². The van der Waals surface area contributed by atoms with E-state index in [9.17, 15) is 0 Å². The van der Waals surface area contributed by atoms with E-state index < -0.39 is 0 Å². The Morgan fingerprint density at radius 2 is 1.00 bits per heavy atom. The van der Waals surface area contributed by atoms with Crippen LogP contribution in [0.5, 0.6) is 0 Å². The van der Waals surface area contributed by atoms with Crippen LogP contribution in [0.4, 0.5) is 0 Å². The zero-order valence-electron chi connectivity index (χ0n) is 1.47. The van der Waals surface area contributed by atoms with E-state index in [1.807, 2.05) is 0 Å². The molecule has 5 radical (unpaired) electrons. The second-order valence-corrected chi connectivity index (χ2v) is 0. The summed E-state index contributed by atoms with van der Waals surface area (Å²) >= 11 is 0. The maximum atomic E-state index is 0. The molecule has 0 saturated heterocycles. The largest absolute Gasteiger partial charge is 0 e. The molecule has 0 aromatic carbocycles. The molecule has 0 aromatic rings. The van der Waals surface area contributed by atoms with Gasteiger partial charge in [0, 0.05) is 74.5 Å². The molecule has 0 saturated carbocycles. The summed E-state index contributed by atoms with van der Waals surface area (Å²) in [7, 11) is 0. The van der Waals surface area contributed by atoms with Crippen LogP contribution in [0.15, 0.2) is 0 Å². The summed E-state index contributed by atoms with van der Waals surface area (Å²) < 4.78 is 0. The Labute approximate surface area is 73.7 Å². The van der Waals surface area contributed by atoms with Gasteiger partial charge in [0.1, 0.15) is 0 Å². The van der Waals surface area contributed by atoms with E-state index in [4.69, 9.17) is 0 Å². The van der Waals surface area contributed by atoms with Gasteiger partial charge in [-0.1, -0.05) is 0 Å². The molecular formula is CuFeNiSn. The second kappa shape index (κ2) is 18.4. The van der Waals surface area contributed by atoms with Crippen molar-refractivity contribution in [1.29, 1.82) is 0 Å². The molecule has 4 heteroatoms. The van der Waals surface area contributed by atoms with Crippen LogP contribution in [0, 0.1) is 0 Å². The summed E-state index contributed by atoms with van der Waals surface area (Å²) in [4.78, 5) is 0. The predicted octanol–water partition coefficient (Wildman–Crippen LogP) is -0.388. The normalized spacial score (nSPS) is 0. The third-order valence-corrected chi connectivity index (χ3v) is 0. The van der Waals surface area contributed by atoms with Gasteiger partial charge in [-0.15, -0.1) is 0 Å². The van der Waals surface area contributed by atoms with Crippen molar-refractivity contribution < 1.29 is 50.6 Å². The van der Waals surface area contributed by atoms with Crippen LogP contribution in [0.25, 0.3) is 0 Å². The fourth-order valence-electron chi connectivity index (χ4n) is 0. The molecular weight excluding hydrogens is 297 g/mol. The molecule has 4 heavy (non-hydrogen) atoms. The molecule has 0 rings (SSSR count). The molecule has 33 valence electrons. The van der Waals surface area contributed by atoms with Crippen LogP contribution in [0.1, 0.15) is 0 Å². The third-order valence-electron chi connectivity index (χ3n) is 0. The number of hydrogen-bond acceptors (Lipinski definition) is 0. The molecule has 0 spiro atoms. The van der Waals surface area contributed by atoms with Crippen molar-refractivity contribution in [2.45, 2.75) is 0 Å². The first-order chi connectivity index (χ1) is 0. The minimum Gasteiger partial charge on any atom is 0 e. The van der Waals surface area contributed by atoms with Crippen molar-refractivity contribution in [2.24, 2.45) is 0 Å². The van der Waals surface area contributed by atoms with Gasteiger partial charge in [0.15, 0.2) is 0 Å². The molecule has 0 aromatic heterocycles. The summed E-state index contributed by atoms with van der Waals surface area (Å²) in [5.41, 5.74) is 0. The Balaban J connectivity index is 0. The zero-order valence-corrected chi connectivity index (χ0v) is 7.36. The molecule has 0 unspecified atom stereocenters. The average molecular weight is 297 g/mol. The van der Waals surface area contributed by atoms with Gasteiger partial charge in [-0.05, 0) is 0 Å². The fourth-order valence-corrected chi connectivity index (χ4v) is 0. The van der Waals surface area contributed by atoms with Crippen molar-refractivity contribution >= 4 is 23.9 Å². The van der Waals surface area contributed by atoms with E-state index in [2.05, 4.69) is 0 Å². The minimum absolute atomic E-state index is 0. The van der Waals surface area contributed by atoms with Crippen LogP contribution < -0.4 is 0 Å². The van der Waals surface area contributed by atoms with Gasteiger partial charge in [0.05, 0.1) is 0 Å². The third kappa shape index (κ3) is 8.84. The van der Waals surface area contributed by atoms with E-state index in [1.54, 1.807) is 0 Å². The maximum absolute atomic E-state index is 0. The second-order valence-electron chi connectivity index (χ2n) is 0. The Hall–Kier alpha value is 2.33. The zero-order chi connectivity index (χ0) is 0. The number of rotatable bonds is 0. The maximum Gasteiger partial charge on any atom is 0 e. The fraction of sp³-hybridized carbons (Fsp3) is 0. The van der Waals surface area contributed by atoms with E-state index in [0.717, 1.165) is 0 Å². The van der Waals surface area contributed by atoms with E-state index in [1.165, 1.54) is 0 Å². The van der Waals surface area contributed by atoms with Crippen molar-refractivity contribution in [3.05, 3.63) is 0 Å². The van der Waals surface area contributed by atoms with Crippen molar-refractivity contribution in [3.63, 3.8) is 0 Å². The minimum atomic E-state index is 0. The quantitative estimate of drug-likeness (QED) is 0.534. The average Bonchev–Trinajstić information content (AvgIpc) is 0. The number of hydrogen-bond donors (Lipinski definition) is 0. The molecule has 0 fully saturated rings. The van der Waals surface area contributed by atoms with E-state index in [-0.39, 0.29) is 74.5 Å². The van der Waals surface area contributed by atoms with E-state index >= 15 is 0 Å². The van der Waals surface area contributed by atoms with Crippen molar-refractivity contribution in [1.82, 2.24) is 0 Å². The Bertz CT molecular complexity index is 8.00. The first kappa shape index (κ1) is 33.1. The molecule has 0 aliphatic heterocycles. The summed E-state index contributed by atoms with van der Waals surface area (Å²) in [6.07, 6.45) is 0. The Morgan fingerprint density at radius 3 is 1.00 bits per heavy atom. The van der Waals surface area contributed by atoms with Crippen molar-refractivity contribution in [3.8, 4) is 0 Å². The molecule has 0 amide bonds. The first-order valence-electron chi connectivity index (χ1n) is 0. The van der Waals surface area contributed by atoms with E-state index in [0.29, 0.717) is 0 Å². The van der Waals surface area contributed by atoms with Gasteiger partial charge in [0.25, 0.3) is 0 Å². The molecule has 0 heterocycles. The molecule has 0 bridgehead atoms. The van der Waals surface area contributed by atoms with Gasteiger partial charge >= 0.3 is 0 Å². The van der Waals surface area contributed by atoms with Crippen molar-refractivity contribution in [2.75, 3.05) is 0 Å². The smallest absolute Gasteiger partial charge is 0 e. The van der Waals surface area contributed by atoms with Crippen LogP contribution >= 0.6 is 0 Å². The van der Waals surface area contributed by atoms with Crippen LogP contribution in [0.3, 0.4) is 0 Å². The predicted molar refractivity (Wildman–Crippen MR) is 5.75 cm³/mol. The van der Waals surface area contributed by atoms with Crippen LogP contribution in [0.2, 0.25) is 0 Å². The summed E-state index contributed by atoms with van der Waals surface area (Å²) in [6.45, 7) is 0. The summed E-state index contributed by atoms with van der Waals surface area (Å²) in [5.74, 6) is 0.